The van der Waals surface area contributed by atoms with E-state index in [1.807, 2.05) is 36.4 Å². The van der Waals surface area contributed by atoms with Gasteiger partial charge >= 0.3 is 0 Å². The highest BCUT2D eigenvalue weighted by Gasteiger charge is 2.41. The maximum atomic E-state index is 13.2. The van der Waals surface area contributed by atoms with Crippen molar-refractivity contribution in [2.45, 2.75) is 32.7 Å². The molecule has 6 nitrogen and oxygen atoms in total. The summed E-state index contributed by atoms with van der Waals surface area (Å²) < 4.78 is 1.79. The van der Waals surface area contributed by atoms with Gasteiger partial charge in [-0.3, -0.25) is 9.78 Å². The molecular weight excluding hydrogens is 386 g/mol. The number of nitrogens with one attached hydrogen (secondary N) is 1. The lowest BCUT2D eigenvalue weighted by Gasteiger charge is -2.38. The number of pyridine rings is 1. The van der Waals surface area contributed by atoms with Crippen LogP contribution >= 0.6 is 11.6 Å². The van der Waals surface area contributed by atoms with E-state index in [2.05, 4.69) is 24.1 Å². The zero-order valence-electron chi connectivity index (χ0n) is 16.2. The number of ketones is 1. The van der Waals surface area contributed by atoms with Crippen molar-refractivity contribution in [1.29, 1.82) is 0 Å². The SMILES string of the molecule is CC1(C)CC(=O)C2=C(C1)Nc1nc(-c3cccc(Cl)c3)nn1C2c1cccnc1. The zero-order valence-corrected chi connectivity index (χ0v) is 16.9. The van der Waals surface area contributed by atoms with Crippen LogP contribution in [0, 0.1) is 5.41 Å². The Morgan fingerprint density at radius 2 is 2.07 bits per heavy atom. The van der Waals surface area contributed by atoms with Crippen LogP contribution < -0.4 is 5.32 Å². The Kier molecular flexibility index (Phi) is 4.06. The quantitative estimate of drug-likeness (QED) is 0.671. The van der Waals surface area contributed by atoms with Crippen LogP contribution in [0.1, 0.15) is 38.3 Å². The number of halogens is 1. The van der Waals surface area contributed by atoms with Gasteiger partial charge in [0.2, 0.25) is 5.95 Å². The lowest BCUT2D eigenvalue weighted by molar-refractivity contribution is -0.118. The van der Waals surface area contributed by atoms with Crippen LogP contribution in [0.15, 0.2) is 60.1 Å². The number of aromatic nitrogens is 4. The third-order valence-electron chi connectivity index (χ3n) is 5.41. The average molecular weight is 406 g/mol. The van der Waals surface area contributed by atoms with Gasteiger partial charge in [0, 0.05) is 40.7 Å². The molecule has 3 heterocycles. The number of carbonyl (C=O) groups excluding carboxylic acids is 1. The Labute approximate surface area is 173 Å². The lowest BCUT2D eigenvalue weighted by Crippen LogP contribution is -2.36. The highest BCUT2D eigenvalue weighted by Crippen LogP contribution is 2.45. The molecule has 29 heavy (non-hydrogen) atoms. The minimum atomic E-state index is -0.348. The smallest absolute Gasteiger partial charge is 0.226 e. The van der Waals surface area contributed by atoms with Crippen LogP contribution in [-0.4, -0.2) is 25.5 Å². The van der Waals surface area contributed by atoms with E-state index in [-0.39, 0.29) is 17.2 Å². The number of carbonyl (C=O) groups is 1. The highest BCUT2D eigenvalue weighted by atomic mass is 35.5. The van der Waals surface area contributed by atoms with E-state index in [1.165, 1.54) is 0 Å². The molecule has 0 saturated heterocycles. The van der Waals surface area contributed by atoms with Gasteiger partial charge in [-0.05, 0) is 35.6 Å². The summed E-state index contributed by atoms with van der Waals surface area (Å²) in [6.45, 7) is 4.23. The summed E-state index contributed by atoms with van der Waals surface area (Å²) in [4.78, 5) is 22.1. The molecule has 0 saturated carbocycles. The predicted octanol–water partition coefficient (Wildman–Crippen LogP) is 4.65. The molecule has 2 aliphatic rings. The summed E-state index contributed by atoms with van der Waals surface area (Å²) in [5, 5.41) is 8.76. The fourth-order valence-corrected chi connectivity index (χ4v) is 4.40. The summed E-state index contributed by atoms with van der Waals surface area (Å²) in [5.74, 6) is 1.33. The molecule has 2 aromatic heterocycles. The molecule has 3 aromatic rings. The molecule has 1 aromatic carbocycles. The van der Waals surface area contributed by atoms with E-state index in [0.29, 0.717) is 23.2 Å². The van der Waals surface area contributed by atoms with Gasteiger partial charge in [-0.15, -0.1) is 5.10 Å². The maximum absolute atomic E-state index is 13.2. The first-order valence-electron chi connectivity index (χ1n) is 9.57. The van der Waals surface area contributed by atoms with Gasteiger partial charge in [0.1, 0.15) is 6.04 Å². The largest absolute Gasteiger partial charge is 0.328 e. The minimum absolute atomic E-state index is 0.0968. The van der Waals surface area contributed by atoms with Crippen LogP contribution in [0.25, 0.3) is 11.4 Å². The standard InChI is InChI=1S/C22H20ClN5O/c1-22(2)10-16-18(17(29)11-22)19(14-6-4-8-24-12-14)28-21(25-16)26-20(27-28)13-5-3-7-15(23)9-13/h3-9,12,19H,10-11H2,1-2H3,(H,25,26,27). The van der Waals surface area contributed by atoms with E-state index in [9.17, 15) is 4.79 Å². The number of anilines is 1. The first kappa shape index (κ1) is 18.1. The number of rotatable bonds is 2. The summed E-state index contributed by atoms with van der Waals surface area (Å²) in [6, 6.07) is 11.0. The molecule has 1 unspecified atom stereocenters. The second-order valence-corrected chi connectivity index (χ2v) is 8.80. The van der Waals surface area contributed by atoms with Crippen molar-refractivity contribution < 1.29 is 4.79 Å². The third kappa shape index (κ3) is 3.13. The van der Waals surface area contributed by atoms with Gasteiger partial charge in [0.25, 0.3) is 0 Å². The Morgan fingerprint density at radius 3 is 2.83 bits per heavy atom. The molecule has 1 aliphatic heterocycles. The van der Waals surface area contributed by atoms with Gasteiger partial charge in [-0.1, -0.05) is 43.6 Å². The van der Waals surface area contributed by atoms with Gasteiger partial charge in [0.05, 0.1) is 0 Å². The van der Waals surface area contributed by atoms with Crippen molar-refractivity contribution in [2.75, 3.05) is 5.32 Å². The number of hydrogen-bond acceptors (Lipinski definition) is 5. The van der Waals surface area contributed by atoms with Crippen molar-refractivity contribution in [3.05, 3.63) is 70.6 Å². The molecule has 0 bridgehead atoms. The number of hydrogen-bond donors (Lipinski definition) is 1. The molecule has 0 fully saturated rings. The van der Waals surface area contributed by atoms with E-state index < -0.39 is 0 Å². The molecule has 0 radical (unpaired) electrons. The lowest BCUT2D eigenvalue weighted by atomic mass is 9.73. The van der Waals surface area contributed by atoms with Crippen LogP contribution in [0.3, 0.4) is 0 Å². The Balaban J connectivity index is 1.68. The van der Waals surface area contributed by atoms with Crippen molar-refractivity contribution in [3.63, 3.8) is 0 Å². The molecule has 7 heteroatoms. The van der Waals surface area contributed by atoms with Crippen molar-refractivity contribution >= 4 is 23.3 Å². The topological polar surface area (TPSA) is 72.7 Å². The number of allylic oxidation sites excluding steroid dienone is 2. The average Bonchev–Trinajstić information content (AvgIpc) is 3.10. The second kappa shape index (κ2) is 6.52. The predicted molar refractivity (Wildman–Crippen MR) is 112 cm³/mol. The van der Waals surface area contributed by atoms with Gasteiger partial charge in [-0.2, -0.15) is 4.98 Å². The molecule has 1 atom stereocenters. The van der Waals surface area contributed by atoms with Crippen molar-refractivity contribution in [3.8, 4) is 11.4 Å². The second-order valence-electron chi connectivity index (χ2n) is 8.36. The van der Waals surface area contributed by atoms with Crippen LogP contribution in [0.2, 0.25) is 5.02 Å². The maximum Gasteiger partial charge on any atom is 0.226 e. The summed E-state index contributed by atoms with van der Waals surface area (Å²) in [6.07, 6.45) is 4.81. The number of benzene rings is 1. The molecule has 146 valence electrons. The highest BCUT2D eigenvalue weighted by molar-refractivity contribution is 6.30. The van der Waals surface area contributed by atoms with Crippen LogP contribution in [0.5, 0.6) is 0 Å². The van der Waals surface area contributed by atoms with Gasteiger partial charge in [0.15, 0.2) is 11.6 Å². The molecular formula is C22H20ClN5O. The molecule has 1 N–H and O–H groups in total. The normalized spacial score (nSPS) is 20.1. The van der Waals surface area contributed by atoms with E-state index in [4.69, 9.17) is 21.7 Å². The van der Waals surface area contributed by atoms with Crippen molar-refractivity contribution in [1.82, 2.24) is 19.7 Å². The third-order valence-corrected chi connectivity index (χ3v) is 5.65. The van der Waals surface area contributed by atoms with E-state index >= 15 is 0 Å². The first-order valence-corrected chi connectivity index (χ1v) is 9.95. The van der Waals surface area contributed by atoms with Crippen molar-refractivity contribution in [2.24, 2.45) is 5.41 Å². The molecule has 1 aliphatic carbocycles. The van der Waals surface area contributed by atoms with Gasteiger partial charge < -0.3 is 5.32 Å². The Morgan fingerprint density at radius 1 is 1.21 bits per heavy atom. The van der Waals surface area contributed by atoms with E-state index in [0.717, 1.165) is 28.8 Å². The summed E-state index contributed by atoms with van der Waals surface area (Å²) in [7, 11) is 0. The van der Waals surface area contributed by atoms with Crippen LogP contribution in [0.4, 0.5) is 5.95 Å². The first-order chi connectivity index (χ1) is 13.9. The van der Waals surface area contributed by atoms with Crippen LogP contribution in [-0.2, 0) is 4.79 Å². The van der Waals surface area contributed by atoms with Gasteiger partial charge in [-0.25, -0.2) is 4.68 Å². The minimum Gasteiger partial charge on any atom is -0.328 e. The summed E-state index contributed by atoms with van der Waals surface area (Å²) >= 11 is 6.16. The monoisotopic (exact) mass is 405 g/mol. The molecule has 0 amide bonds. The zero-order chi connectivity index (χ0) is 20.2. The number of nitrogens with zero attached hydrogens (tertiary/aromatic N) is 4. The number of Topliss-reactive ketones (excluding diaryl/α,β-unsaturated/α-hetero) is 1. The van der Waals surface area contributed by atoms with E-state index in [1.54, 1.807) is 17.1 Å². The molecule has 0 spiro atoms. The fraction of sp³-hybridized carbons (Fsp3) is 0.273. The Bertz CT molecular complexity index is 1150. The molecule has 5 rings (SSSR count). The number of fused-ring (bicyclic) bond motifs is 1. The fourth-order valence-electron chi connectivity index (χ4n) is 4.20. The summed E-state index contributed by atoms with van der Waals surface area (Å²) in [5.41, 5.74) is 3.33. The Hall–Kier alpha value is -2.99.